The minimum absolute atomic E-state index is 0. The van der Waals surface area contributed by atoms with Crippen LogP contribution in [-0.4, -0.2) is 31.2 Å². The van der Waals surface area contributed by atoms with Crippen molar-refractivity contribution in [1.29, 1.82) is 0 Å². The molecule has 0 aliphatic carbocycles. The van der Waals surface area contributed by atoms with E-state index >= 15 is 0 Å². The van der Waals surface area contributed by atoms with E-state index in [0.717, 1.165) is 12.8 Å². The van der Waals surface area contributed by atoms with Gasteiger partial charge in [-0.2, -0.15) is 8.42 Å². The maximum atomic E-state index is 11.3. The van der Waals surface area contributed by atoms with Gasteiger partial charge in [0.05, 0.1) is 12.3 Å². The van der Waals surface area contributed by atoms with Crippen LogP contribution in [0.2, 0.25) is 0 Å². The summed E-state index contributed by atoms with van der Waals surface area (Å²) in [5.74, 6) is -0.950. The minimum Gasteiger partial charge on any atom is -0.859 e. The molecule has 1 N–H and O–H groups in total. The first-order chi connectivity index (χ1) is 12.5. The van der Waals surface area contributed by atoms with Gasteiger partial charge in [-0.15, -0.1) is 0 Å². The van der Waals surface area contributed by atoms with Gasteiger partial charge in [-0.1, -0.05) is 96.1 Å². The molecule has 0 fully saturated rings. The zero-order valence-electron chi connectivity index (χ0n) is 17.5. The number of hydrogen-bond donors (Lipinski definition) is 1. The molecule has 0 aromatic heterocycles. The van der Waals surface area contributed by atoms with E-state index in [9.17, 15) is 13.5 Å². The van der Waals surface area contributed by atoms with Gasteiger partial charge < -0.3 is 5.11 Å². The van der Waals surface area contributed by atoms with Crippen molar-refractivity contribution in [3.63, 3.8) is 0 Å². The van der Waals surface area contributed by atoms with Crippen molar-refractivity contribution in [3.8, 4) is 0 Å². The zero-order chi connectivity index (χ0) is 19.5. The maximum Gasteiger partial charge on any atom is 1.00 e. The summed E-state index contributed by atoms with van der Waals surface area (Å²) >= 11 is 0. The van der Waals surface area contributed by atoms with E-state index in [1.165, 1.54) is 83.1 Å². The number of hydrogen-bond acceptors (Lipinski definition) is 4. The Balaban J connectivity index is 0. The third-order valence-corrected chi connectivity index (χ3v) is 5.05. The van der Waals surface area contributed by atoms with Crippen LogP contribution in [0, 0.1) is 0 Å². The van der Waals surface area contributed by atoms with Gasteiger partial charge in [0.1, 0.15) is 0 Å². The fourth-order valence-corrected chi connectivity index (χ4v) is 3.11. The molecule has 154 valence electrons. The van der Waals surface area contributed by atoms with Gasteiger partial charge in [-0.3, -0.25) is 9.55 Å². The molecular formula is C20H38KNO4S. The molecule has 0 aromatic rings. The summed E-state index contributed by atoms with van der Waals surface area (Å²) in [5, 5.41) is 11.3. The Hall–Kier alpha value is 0.756. The average Bonchev–Trinajstić information content (AvgIpc) is 2.57. The summed E-state index contributed by atoms with van der Waals surface area (Å²) in [6, 6.07) is 0. The summed E-state index contributed by atoms with van der Waals surface area (Å²) in [7, 11) is -4.04. The third-order valence-electron chi connectivity index (χ3n) is 4.35. The van der Waals surface area contributed by atoms with Crippen LogP contribution < -0.4 is 56.5 Å². The molecule has 5 nitrogen and oxygen atoms in total. The number of allylic oxidation sites excluding steroid dienone is 1. The molecule has 0 aliphatic heterocycles. The van der Waals surface area contributed by atoms with Crippen LogP contribution in [0.15, 0.2) is 17.1 Å². The van der Waals surface area contributed by atoms with E-state index in [4.69, 9.17) is 4.55 Å². The number of rotatable bonds is 18. The predicted molar refractivity (Wildman–Crippen MR) is 108 cm³/mol. The molecule has 0 heterocycles. The fourth-order valence-electron chi connectivity index (χ4n) is 2.79. The van der Waals surface area contributed by atoms with Crippen LogP contribution in [-0.2, 0) is 10.1 Å². The maximum absolute atomic E-state index is 11.3. The van der Waals surface area contributed by atoms with Crippen molar-refractivity contribution in [2.75, 3.05) is 12.3 Å². The molecule has 0 spiro atoms. The number of aliphatic imine (C=N–C) groups is 1. The van der Waals surface area contributed by atoms with Crippen molar-refractivity contribution < 1.29 is 69.5 Å². The van der Waals surface area contributed by atoms with Gasteiger partial charge in [0.15, 0.2) is 0 Å². The van der Waals surface area contributed by atoms with Crippen LogP contribution in [0.3, 0.4) is 0 Å². The molecule has 0 aliphatic rings. The molecule has 0 bridgehead atoms. The minimum atomic E-state index is -4.04. The summed E-state index contributed by atoms with van der Waals surface area (Å²) < 4.78 is 29.5. The largest absolute Gasteiger partial charge is 1.00 e. The van der Waals surface area contributed by atoms with Crippen LogP contribution >= 0.6 is 0 Å². The van der Waals surface area contributed by atoms with E-state index in [-0.39, 0.29) is 57.9 Å². The Labute approximate surface area is 209 Å². The topological polar surface area (TPSA) is 89.8 Å². The van der Waals surface area contributed by atoms with Gasteiger partial charge in [0, 0.05) is 0 Å². The van der Waals surface area contributed by atoms with Crippen molar-refractivity contribution in [3.05, 3.63) is 12.2 Å². The number of nitrogens with zero attached hydrogens (tertiary/aromatic N) is 1. The molecule has 7 heteroatoms. The van der Waals surface area contributed by atoms with Crippen LogP contribution in [0.5, 0.6) is 0 Å². The van der Waals surface area contributed by atoms with Crippen LogP contribution in [0.25, 0.3) is 0 Å². The molecule has 0 saturated heterocycles. The first-order valence-electron chi connectivity index (χ1n) is 10.3. The molecule has 27 heavy (non-hydrogen) atoms. The molecular weight excluding hydrogens is 389 g/mol. The molecule has 0 saturated carbocycles. The van der Waals surface area contributed by atoms with E-state index in [1.807, 2.05) is 0 Å². The molecule has 0 unspecified atom stereocenters. The van der Waals surface area contributed by atoms with Crippen LogP contribution in [0.4, 0.5) is 0 Å². The van der Waals surface area contributed by atoms with E-state index < -0.39 is 21.8 Å². The average molecular weight is 428 g/mol. The van der Waals surface area contributed by atoms with Gasteiger partial charge in [0.25, 0.3) is 10.1 Å². The van der Waals surface area contributed by atoms with Crippen molar-refractivity contribution in [1.82, 2.24) is 0 Å². The Kier molecular flexibility index (Phi) is 23.8. The summed E-state index contributed by atoms with van der Waals surface area (Å²) in [4.78, 5) is 3.55. The van der Waals surface area contributed by atoms with Gasteiger partial charge in [-0.05, 0) is 18.7 Å². The Morgan fingerprint density at radius 1 is 0.889 bits per heavy atom. The van der Waals surface area contributed by atoms with Crippen molar-refractivity contribution in [2.24, 2.45) is 4.99 Å². The Bertz CT molecular complexity index is 478. The zero-order valence-corrected chi connectivity index (χ0v) is 21.4. The second kappa shape index (κ2) is 21.5. The van der Waals surface area contributed by atoms with E-state index in [2.05, 4.69) is 11.9 Å². The molecule has 0 rings (SSSR count). The normalized spacial score (nSPS) is 12.4. The van der Waals surface area contributed by atoms with E-state index in [1.54, 1.807) is 6.08 Å². The summed E-state index contributed by atoms with van der Waals surface area (Å²) in [5.41, 5.74) is 0. The monoisotopic (exact) mass is 427 g/mol. The number of unbranched alkanes of at least 4 members (excludes halogenated alkanes) is 13. The smallest absolute Gasteiger partial charge is 0.859 e. The van der Waals surface area contributed by atoms with Gasteiger partial charge in [0.2, 0.25) is 0 Å². The Morgan fingerprint density at radius 3 is 1.78 bits per heavy atom. The standard InChI is InChI=1S/C20H39NO4S.K/c1-2-3-4-5-6-7-8-9-10-11-12-13-14-15-16-17-20(22)21-18-19-26(23,24)25;/h16-17H,2-15,18-19H2,1H3,(H,21,22)(H,23,24,25);/q;+1/p-1/b17-16+;. The predicted octanol–water partition coefficient (Wildman–Crippen LogP) is 1.67. The second-order valence-electron chi connectivity index (χ2n) is 6.94. The molecule has 0 amide bonds. The first kappa shape index (κ1) is 30.0. The first-order valence-corrected chi connectivity index (χ1v) is 11.9. The van der Waals surface area contributed by atoms with Gasteiger partial charge in [-0.25, -0.2) is 0 Å². The van der Waals surface area contributed by atoms with E-state index in [0.29, 0.717) is 0 Å². The summed E-state index contributed by atoms with van der Waals surface area (Å²) in [6.07, 6.45) is 21.1. The quantitative estimate of drug-likeness (QED) is 0.118. The SMILES string of the molecule is CCCCCCCCCCCCCCC/C=C/C([O-])=NCCS(=O)(=O)O.[K+]. The van der Waals surface area contributed by atoms with Crippen molar-refractivity contribution >= 4 is 16.0 Å². The summed E-state index contributed by atoms with van der Waals surface area (Å²) in [6.45, 7) is 2.06. The fraction of sp³-hybridized carbons (Fsp3) is 0.850. The van der Waals surface area contributed by atoms with Gasteiger partial charge >= 0.3 is 51.4 Å². The molecule has 0 radical (unpaired) electrons. The van der Waals surface area contributed by atoms with Crippen LogP contribution in [0.1, 0.15) is 96.8 Å². The Morgan fingerprint density at radius 2 is 1.33 bits per heavy atom. The second-order valence-corrected chi connectivity index (χ2v) is 8.51. The third kappa shape index (κ3) is 26.8. The van der Waals surface area contributed by atoms with Crippen molar-refractivity contribution in [2.45, 2.75) is 96.8 Å². The molecule has 0 aromatic carbocycles. The molecule has 0 atom stereocenters.